The van der Waals surface area contributed by atoms with Crippen LogP contribution in [0.5, 0.6) is 0 Å². The Balaban J connectivity index is 1.78. The van der Waals surface area contributed by atoms with Crippen molar-refractivity contribution < 1.29 is 0 Å². The number of rotatable bonds is 1. The third-order valence-electron chi connectivity index (χ3n) is 5.10. The van der Waals surface area contributed by atoms with E-state index in [1.807, 2.05) is 0 Å². The summed E-state index contributed by atoms with van der Waals surface area (Å²) in [6.45, 7) is 4.50. The van der Waals surface area contributed by atoms with Crippen LogP contribution in [-0.4, -0.2) is 0 Å². The summed E-state index contributed by atoms with van der Waals surface area (Å²) in [5.41, 5.74) is 11.9. The predicted molar refractivity (Wildman–Crippen MR) is 89.4 cm³/mol. The second-order valence-electron chi connectivity index (χ2n) is 6.43. The van der Waals surface area contributed by atoms with E-state index in [2.05, 4.69) is 56.3 Å². The van der Waals surface area contributed by atoms with Gasteiger partial charge in [-0.25, -0.2) is 0 Å². The van der Waals surface area contributed by atoms with Crippen LogP contribution in [0.3, 0.4) is 0 Å². The molecule has 21 heavy (non-hydrogen) atoms. The van der Waals surface area contributed by atoms with E-state index in [1.54, 1.807) is 0 Å². The molecule has 0 unspecified atom stereocenters. The molecule has 4 aliphatic carbocycles. The van der Waals surface area contributed by atoms with Gasteiger partial charge in [0.15, 0.2) is 5.56 Å². The van der Waals surface area contributed by atoms with Gasteiger partial charge in [0, 0.05) is 25.5 Å². The Labute approximate surface area is 127 Å². The van der Waals surface area contributed by atoms with E-state index in [0.29, 0.717) is 0 Å². The molecule has 4 aliphatic rings. The lowest BCUT2D eigenvalue weighted by Gasteiger charge is -2.10. The summed E-state index contributed by atoms with van der Waals surface area (Å²) >= 11 is 0. The normalized spacial score (nSPS) is 14.4. The van der Waals surface area contributed by atoms with Crippen molar-refractivity contribution in [1.29, 1.82) is 0 Å². The summed E-state index contributed by atoms with van der Waals surface area (Å²) < 4.78 is 0. The Bertz CT molecular complexity index is 741. The van der Waals surface area contributed by atoms with Gasteiger partial charge < -0.3 is 0 Å². The molecule has 0 aromatic heterocycles. The van der Waals surface area contributed by atoms with Gasteiger partial charge in [0.2, 0.25) is 0 Å². The Hall–Kier alpha value is -1.95. The molecule has 0 radical (unpaired) electrons. The average Bonchev–Trinajstić information content (AvgIpc) is 3.09. The molecule has 0 saturated heterocycles. The number of hydrogen-bond donors (Lipinski definition) is 0. The molecule has 0 amide bonds. The summed E-state index contributed by atoms with van der Waals surface area (Å²) in [5.74, 6) is 0. The van der Waals surface area contributed by atoms with Gasteiger partial charge in [0.05, 0.1) is 0 Å². The first-order chi connectivity index (χ1) is 10.2. The summed E-state index contributed by atoms with van der Waals surface area (Å²) in [6.07, 6.45) is 4.55. The summed E-state index contributed by atoms with van der Waals surface area (Å²) in [6, 6.07) is 16.4. The van der Waals surface area contributed by atoms with Crippen LogP contribution in [-0.2, 0) is 25.7 Å². The van der Waals surface area contributed by atoms with Gasteiger partial charge in [-0.3, -0.25) is 0 Å². The zero-order valence-electron chi connectivity index (χ0n) is 12.9. The molecule has 0 saturated carbocycles. The zero-order chi connectivity index (χ0) is 14.4. The second kappa shape index (κ2) is 4.80. The molecule has 0 heteroatoms. The Morgan fingerprint density at radius 2 is 1.29 bits per heavy atom. The van der Waals surface area contributed by atoms with Crippen molar-refractivity contribution >= 4 is 0 Å². The van der Waals surface area contributed by atoms with Gasteiger partial charge in [0.1, 0.15) is 16.7 Å². The molecular weight excluding hydrogens is 252 g/mol. The van der Waals surface area contributed by atoms with Crippen molar-refractivity contribution in [1.82, 2.24) is 0 Å². The maximum absolute atomic E-state index is 2.44. The quantitative estimate of drug-likeness (QED) is 0.547. The molecule has 3 aromatic carbocycles. The van der Waals surface area contributed by atoms with Crippen LogP contribution in [0.4, 0.5) is 0 Å². The minimum atomic E-state index is 1.14. The smallest absolute Gasteiger partial charge is 0.0588 e. The highest BCUT2D eigenvalue weighted by molar-refractivity contribution is 5.84. The van der Waals surface area contributed by atoms with Gasteiger partial charge >= 0.3 is 0 Å². The largest absolute Gasteiger partial charge is 0.186 e. The van der Waals surface area contributed by atoms with E-state index in [0.717, 1.165) is 25.7 Å². The maximum Gasteiger partial charge on any atom is 0.186 e. The molecular formula is C21H21+. The predicted octanol–water partition coefficient (Wildman–Crippen LogP) is 5.01. The third kappa shape index (κ3) is 2.29. The highest BCUT2D eigenvalue weighted by Crippen LogP contribution is 2.41. The van der Waals surface area contributed by atoms with E-state index in [4.69, 9.17) is 0 Å². The van der Waals surface area contributed by atoms with Crippen LogP contribution in [0.15, 0.2) is 42.5 Å². The number of benzene rings is 2. The van der Waals surface area contributed by atoms with Crippen molar-refractivity contribution in [2.75, 3.05) is 0 Å². The topological polar surface area (TPSA) is 0 Å². The fourth-order valence-corrected chi connectivity index (χ4v) is 3.48. The van der Waals surface area contributed by atoms with Crippen LogP contribution in [0.1, 0.15) is 33.4 Å². The van der Waals surface area contributed by atoms with E-state index < -0.39 is 0 Å². The molecule has 0 heterocycles. The van der Waals surface area contributed by atoms with Crippen molar-refractivity contribution in [2.45, 2.75) is 39.5 Å². The minimum absolute atomic E-state index is 1.14. The van der Waals surface area contributed by atoms with Crippen LogP contribution >= 0.6 is 0 Å². The fraction of sp³-hybridized carbons (Fsp3) is 0.286. The van der Waals surface area contributed by atoms with Gasteiger partial charge in [0.25, 0.3) is 0 Å². The van der Waals surface area contributed by atoms with Crippen LogP contribution < -0.4 is 0 Å². The number of hydrogen-bond acceptors (Lipinski definition) is 0. The van der Waals surface area contributed by atoms with Crippen molar-refractivity contribution in [3.63, 3.8) is 0 Å². The van der Waals surface area contributed by atoms with Crippen molar-refractivity contribution in [2.24, 2.45) is 0 Å². The van der Waals surface area contributed by atoms with E-state index in [9.17, 15) is 0 Å². The molecule has 0 aliphatic heterocycles. The van der Waals surface area contributed by atoms with Gasteiger partial charge in [-0.15, -0.1) is 0 Å². The maximum atomic E-state index is 2.44. The van der Waals surface area contributed by atoms with Gasteiger partial charge in [-0.2, -0.15) is 0 Å². The van der Waals surface area contributed by atoms with E-state index >= 15 is 0 Å². The lowest BCUT2D eigenvalue weighted by molar-refractivity contribution is 0.923. The van der Waals surface area contributed by atoms with Gasteiger partial charge in [-0.05, 0) is 48.4 Å². The third-order valence-corrected chi connectivity index (χ3v) is 5.10. The monoisotopic (exact) mass is 273 g/mol. The summed E-state index contributed by atoms with van der Waals surface area (Å²) in [4.78, 5) is 0. The molecule has 0 fully saturated rings. The second-order valence-corrected chi connectivity index (χ2v) is 6.43. The standard InChI is InChI=1S/C21H21/c1-14-15(2)21(14)20-13-18-8-7-16-3-5-17(6-4-16)9-11-19(20)12-10-18/h3-6,10,12-13H,7-9,11H2,1-2H3/q+1. The van der Waals surface area contributed by atoms with Crippen molar-refractivity contribution in [3.8, 4) is 11.1 Å². The molecule has 0 spiro atoms. The van der Waals surface area contributed by atoms with Crippen LogP contribution in [0.2, 0.25) is 0 Å². The van der Waals surface area contributed by atoms with Gasteiger partial charge in [-0.1, -0.05) is 30.3 Å². The lowest BCUT2D eigenvalue weighted by Crippen LogP contribution is -1.99. The van der Waals surface area contributed by atoms with E-state index in [1.165, 1.54) is 44.5 Å². The Kier molecular flexibility index (Phi) is 2.92. The Morgan fingerprint density at radius 3 is 1.90 bits per heavy atom. The molecule has 3 aromatic rings. The SMILES string of the molecule is Cc1c(-c2cc3ccc2CCc2ccc(cc2)CC3)[c+]1C. The molecule has 0 atom stereocenters. The highest BCUT2D eigenvalue weighted by Gasteiger charge is 2.33. The minimum Gasteiger partial charge on any atom is -0.0588 e. The molecule has 104 valence electrons. The zero-order valence-corrected chi connectivity index (χ0v) is 12.9. The fourth-order valence-electron chi connectivity index (χ4n) is 3.48. The molecule has 7 rings (SSSR count). The summed E-state index contributed by atoms with van der Waals surface area (Å²) in [5, 5.41) is 0. The lowest BCUT2D eigenvalue weighted by atomic mass is 9.92. The van der Waals surface area contributed by atoms with Crippen LogP contribution in [0.25, 0.3) is 11.1 Å². The number of aryl methyl sites for hydroxylation is 4. The van der Waals surface area contributed by atoms with Crippen LogP contribution in [0, 0.1) is 13.8 Å². The average molecular weight is 273 g/mol. The van der Waals surface area contributed by atoms with E-state index in [-0.39, 0.29) is 0 Å². The molecule has 4 bridgehead atoms. The highest BCUT2D eigenvalue weighted by atomic mass is 14.2. The Morgan fingerprint density at radius 1 is 0.762 bits per heavy atom. The first-order valence-corrected chi connectivity index (χ1v) is 7.97. The summed E-state index contributed by atoms with van der Waals surface area (Å²) in [7, 11) is 0. The molecule has 0 N–H and O–H groups in total. The molecule has 0 nitrogen and oxygen atoms in total. The first kappa shape index (κ1) is 12.8. The van der Waals surface area contributed by atoms with Crippen molar-refractivity contribution in [3.05, 3.63) is 75.8 Å². The first-order valence-electron chi connectivity index (χ1n) is 7.97.